The molecule has 0 heterocycles. The molecule has 90 valence electrons. The number of hydrogen-bond acceptors (Lipinski definition) is 1. The molecule has 2 heteroatoms. The van der Waals surface area contributed by atoms with Crippen LogP contribution >= 0.6 is 0 Å². The predicted molar refractivity (Wildman–Crippen MR) is 75.4 cm³/mol. The summed E-state index contributed by atoms with van der Waals surface area (Å²) in [7, 11) is -0.433. The molecule has 0 N–H and O–H groups in total. The van der Waals surface area contributed by atoms with E-state index in [9.17, 15) is 0 Å². The Labute approximate surface area is 110 Å². The van der Waals surface area contributed by atoms with E-state index in [2.05, 4.69) is 48.5 Å². The second-order valence-corrected chi connectivity index (χ2v) is 6.98. The lowest BCUT2D eigenvalue weighted by Crippen LogP contribution is -2.28. The van der Waals surface area contributed by atoms with Crippen molar-refractivity contribution in [1.29, 1.82) is 0 Å². The van der Waals surface area contributed by atoms with Crippen LogP contribution < -0.4 is 0 Å². The molecule has 0 bridgehead atoms. The molecule has 2 unspecified atom stereocenters. The first kappa shape index (κ1) is 10.5. The van der Waals surface area contributed by atoms with Gasteiger partial charge in [0.1, 0.15) is 0 Å². The summed E-state index contributed by atoms with van der Waals surface area (Å²) in [6, 6.07) is 17.5. The Bertz CT molecular complexity index is 540. The Morgan fingerprint density at radius 1 is 0.833 bits per heavy atom. The van der Waals surface area contributed by atoms with Crippen LogP contribution in [-0.2, 0) is 17.3 Å². The molecule has 2 aliphatic rings. The van der Waals surface area contributed by atoms with E-state index in [0.717, 1.165) is 12.0 Å². The molecular weight excluding hydrogens is 236 g/mol. The van der Waals surface area contributed by atoms with E-state index in [4.69, 9.17) is 4.43 Å². The molecule has 2 aromatic carbocycles. The van der Waals surface area contributed by atoms with Gasteiger partial charge in [0.05, 0.1) is 6.10 Å². The van der Waals surface area contributed by atoms with Gasteiger partial charge in [-0.3, -0.25) is 0 Å². The third-order valence-electron chi connectivity index (χ3n) is 4.27. The molecule has 4 rings (SSSR count). The smallest absolute Gasteiger partial charge is 0.170 e. The molecule has 2 aromatic rings. The molecule has 0 fully saturated rings. The highest BCUT2D eigenvalue weighted by Gasteiger charge is 2.30. The minimum absolute atomic E-state index is 0.403. The summed E-state index contributed by atoms with van der Waals surface area (Å²) in [5, 5.41) is 0. The number of benzene rings is 2. The fraction of sp³-hybridized carbons (Fsp3) is 0.250. The molecule has 0 amide bonds. The molecule has 2 aliphatic carbocycles. The molecule has 2 atom stereocenters. The molecule has 1 nitrogen and oxygen atoms in total. The highest BCUT2D eigenvalue weighted by atomic mass is 28.2. The third-order valence-corrected chi connectivity index (χ3v) is 5.99. The van der Waals surface area contributed by atoms with Crippen molar-refractivity contribution in [2.75, 3.05) is 0 Å². The van der Waals surface area contributed by atoms with E-state index in [-0.39, 0.29) is 0 Å². The molecule has 0 aromatic heterocycles. The highest BCUT2D eigenvalue weighted by molar-refractivity contribution is 6.31. The summed E-state index contributed by atoms with van der Waals surface area (Å²) in [5.74, 6) is 0. The van der Waals surface area contributed by atoms with Crippen molar-refractivity contribution in [3.05, 3.63) is 70.8 Å². The fourth-order valence-electron chi connectivity index (χ4n) is 3.11. The molecular formula is C16H16OSi. The summed E-state index contributed by atoms with van der Waals surface area (Å²) < 4.78 is 6.20. The van der Waals surface area contributed by atoms with Crippen molar-refractivity contribution in [2.24, 2.45) is 0 Å². The number of rotatable bonds is 3. The standard InChI is InChI=1S/C16H16OSi/c1-3-7-13-11(5-1)9-15(13)17-18-16-10-12-6-2-4-8-14(12)16/h1-8,15-16H,9-10,18H2. The zero-order valence-corrected chi connectivity index (χ0v) is 11.7. The minimum Gasteiger partial charge on any atom is -0.416 e. The van der Waals surface area contributed by atoms with Crippen molar-refractivity contribution < 1.29 is 4.43 Å². The van der Waals surface area contributed by atoms with Crippen molar-refractivity contribution in [3.8, 4) is 0 Å². The van der Waals surface area contributed by atoms with Gasteiger partial charge < -0.3 is 4.43 Å². The molecule has 0 spiro atoms. The average molecular weight is 252 g/mol. The van der Waals surface area contributed by atoms with Crippen molar-refractivity contribution in [1.82, 2.24) is 0 Å². The zero-order valence-electron chi connectivity index (χ0n) is 10.3. The van der Waals surface area contributed by atoms with Crippen LogP contribution in [-0.4, -0.2) is 9.76 Å². The van der Waals surface area contributed by atoms with Gasteiger partial charge in [-0.2, -0.15) is 0 Å². The summed E-state index contributed by atoms with van der Waals surface area (Å²) in [4.78, 5) is 0. The second-order valence-electron chi connectivity index (χ2n) is 5.32. The summed E-state index contributed by atoms with van der Waals surface area (Å²) >= 11 is 0. The Hall–Kier alpha value is -1.38. The van der Waals surface area contributed by atoms with E-state index >= 15 is 0 Å². The molecule has 0 saturated heterocycles. The fourth-order valence-corrected chi connectivity index (χ4v) is 4.87. The Balaban J connectivity index is 1.40. The highest BCUT2D eigenvalue weighted by Crippen LogP contribution is 2.38. The maximum Gasteiger partial charge on any atom is 0.170 e. The SMILES string of the molecule is c1ccc2c(c1)CC2O[SiH2]C1Cc2ccccc21. The van der Waals surface area contributed by atoms with E-state index in [1.807, 2.05) is 0 Å². The van der Waals surface area contributed by atoms with Crippen molar-refractivity contribution in [3.63, 3.8) is 0 Å². The van der Waals surface area contributed by atoms with Gasteiger partial charge in [-0.15, -0.1) is 0 Å². The van der Waals surface area contributed by atoms with Gasteiger partial charge in [-0.1, -0.05) is 48.5 Å². The van der Waals surface area contributed by atoms with Crippen molar-refractivity contribution >= 4 is 9.76 Å². The average Bonchev–Trinajstić information content (AvgIpc) is 2.35. The summed E-state index contributed by atoms with van der Waals surface area (Å²) in [5.41, 5.74) is 6.75. The molecule has 18 heavy (non-hydrogen) atoms. The van der Waals surface area contributed by atoms with Gasteiger partial charge >= 0.3 is 0 Å². The normalized spacial score (nSPS) is 24.2. The number of hydrogen-bond donors (Lipinski definition) is 0. The first-order chi connectivity index (χ1) is 8.92. The van der Waals surface area contributed by atoms with Gasteiger partial charge in [0.15, 0.2) is 9.76 Å². The lowest BCUT2D eigenvalue weighted by atomic mass is 9.86. The van der Waals surface area contributed by atoms with E-state index in [1.165, 1.54) is 23.1 Å². The van der Waals surface area contributed by atoms with Gasteiger partial charge in [0, 0.05) is 12.0 Å². The van der Waals surface area contributed by atoms with Crippen LogP contribution in [0.1, 0.15) is 33.9 Å². The second kappa shape index (κ2) is 4.07. The van der Waals surface area contributed by atoms with Crippen LogP contribution in [0, 0.1) is 0 Å². The Kier molecular flexibility index (Phi) is 2.38. The van der Waals surface area contributed by atoms with Gasteiger partial charge in [-0.05, 0) is 28.7 Å². The summed E-state index contributed by atoms with van der Waals surface area (Å²) in [6.45, 7) is 0. The van der Waals surface area contributed by atoms with E-state index < -0.39 is 9.76 Å². The lowest BCUT2D eigenvalue weighted by Gasteiger charge is -2.35. The van der Waals surface area contributed by atoms with Crippen LogP contribution in [0.15, 0.2) is 48.5 Å². The third kappa shape index (κ3) is 1.56. The van der Waals surface area contributed by atoms with E-state index in [0.29, 0.717) is 6.10 Å². The Morgan fingerprint density at radius 2 is 1.50 bits per heavy atom. The Morgan fingerprint density at radius 3 is 2.22 bits per heavy atom. The minimum atomic E-state index is -0.433. The van der Waals surface area contributed by atoms with Gasteiger partial charge in [0.25, 0.3) is 0 Å². The summed E-state index contributed by atoms with van der Waals surface area (Å²) in [6.07, 6.45) is 2.77. The van der Waals surface area contributed by atoms with E-state index in [1.54, 1.807) is 5.56 Å². The first-order valence-electron chi connectivity index (χ1n) is 6.69. The van der Waals surface area contributed by atoms with Crippen LogP contribution in [0.5, 0.6) is 0 Å². The van der Waals surface area contributed by atoms with Gasteiger partial charge in [-0.25, -0.2) is 0 Å². The molecule has 0 radical (unpaired) electrons. The van der Waals surface area contributed by atoms with Crippen LogP contribution in [0.3, 0.4) is 0 Å². The quantitative estimate of drug-likeness (QED) is 0.763. The largest absolute Gasteiger partial charge is 0.416 e. The monoisotopic (exact) mass is 252 g/mol. The van der Waals surface area contributed by atoms with Crippen LogP contribution in [0.2, 0.25) is 0 Å². The topological polar surface area (TPSA) is 9.23 Å². The van der Waals surface area contributed by atoms with Gasteiger partial charge in [0.2, 0.25) is 0 Å². The van der Waals surface area contributed by atoms with Crippen LogP contribution in [0.25, 0.3) is 0 Å². The first-order valence-corrected chi connectivity index (χ1v) is 8.08. The predicted octanol–water partition coefficient (Wildman–Crippen LogP) is 2.68. The maximum atomic E-state index is 6.20. The van der Waals surface area contributed by atoms with Crippen molar-refractivity contribution in [2.45, 2.75) is 24.5 Å². The number of fused-ring (bicyclic) bond motifs is 2. The molecule has 0 aliphatic heterocycles. The lowest BCUT2D eigenvalue weighted by molar-refractivity contribution is 0.186. The van der Waals surface area contributed by atoms with Crippen LogP contribution in [0.4, 0.5) is 0 Å². The maximum absolute atomic E-state index is 6.20. The molecule has 0 saturated carbocycles. The zero-order chi connectivity index (χ0) is 11.9.